The predicted octanol–water partition coefficient (Wildman–Crippen LogP) is 1.79. The van der Waals surface area contributed by atoms with Crippen molar-refractivity contribution in [3.63, 3.8) is 0 Å². The molecule has 0 aliphatic heterocycles. The fraction of sp³-hybridized carbons (Fsp3) is 0.500. The highest BCUT2D eigenvalue weighted by molar-refractivity contribution is 6.17. The third-order valence-corrected chi connectivity index (χ3v) is 1.55. The Kier molecular flexibility index (Phi) is 3.80. The molecule has 0 spiro atoms. The fourth-order valence-corrected chi connectivity index (χ4v) is 0.796. The van der Waals surface area contributed by atoms with E-state index < -0.39 is 0 Å². The van der Waals surface area contributed by atoms with Gasteiger partial charge in [0.15, 0.2) is 0 Å². The first-order valence-electron chi connectivity index (χ1n) is 3.80. The number of halogens is 1. The first-order valence-corrected chi connectivity index (χ1v) is 4.34. The Bertz CT molecular complexity index is 225. The Morgan fingerprint density at radius 2 is 2.25 bits per heavy atom. The topological polar surface area (TPSA) is 35.0 Å². The van der Waals surface area contributed by atoms with Crippen molar-refractivity contribution in [1.82, 2.24) is 9.97 Å². The van der Waals surface area contributed by atoms with E-state index in [1.165, 1.54) is 0 Å². The highest BCUT2D eigenvalue weighted by Crippen LogP contribution is 2.03. The van der Waals surface area contributed by atoms with Gasteiger partial charge in [-0.3, -0.25) is 4.98 Å². The highest BCUT2D eigenvalue weighted by atomic mass is 35.5. The summed E-state index contributed by atoms with van der Waals surface area (Å²) in [4.78, 5) is 8.06. The molecule has 0 N–H and O–H groups in total. The van der Waals surface area contributed by atoms with E-state index in [1.54, 1.807) is 12.4 Å². The molecule has 0 saturated carbocycles. The second-order valence-electron chi connectivity index (χ2n) is 2.39. The van der Waals surface area contributed by atoms with Gasteiger partial charge >= 0.3 is 0 Å². The van der Waals surface area contributed by atoms with Crippen molar-refractivity contribution in [3.05, 3.63) is 18.1 Å². The van der Waals surface area contributed by atoms with E-state index in [9.17, 15) is 0 Å². The molecule has 0 aliphatic rings. The lowest BCUT2D eigenvalue weighted by atomic mass is 10.5. The number of alkyl halides is 1. The molecule has 0 fully saturated rings. The Hall–Kier alpha value is -0.830. The maximum Gasteiger partial charge on any atom is 0.232 e. The zero-order chi connectivity index (χ0) is 8.81. The van der Waals surface area contributed by atoms with Gasteiger partial charge in [0.25, 0.3) is 0 Å². The van der Waals surface area contributed by atoms with Crippen molar-refractivity contribution >= 4 is 11.6 Å². The number of hydrogen-bond donors (Lipinski definition) is 0. The van der Waals surface area contributed by atoms with Crippen LogP contribution in [0.25, 0.3) is 0 Å². The molecule has 0 atom stereocenters. The van der Waals surface area contributed by atoms with Crippen molar-refractivity contribution in [2.24, 2.45) is 0 Å². The van der Waals surface area contributed by atoms with Crippen molar-refractivity contribution in [1.29, 1.82) is 0 Å². The van der Waals surface area contributed by atoms with Gasteiger partial charge in [0, 0.05) is 5.88 Å². The SMILES string of the molecule is Cc1cnc(OCCCCl)cn1. The lowest BCUT2D eigenvalue weighted by Crippen LogP contribution is -2.00. The number of rotatable bonds is 4. The molecule has 0 aliphatic carbocycles. The molecule has 0 bridgehead atoms. The van der Waals surface area contributed by atoms with Gasteiger partial charge in [0.05, 0.1) is 24.7 Å². The summed E-state index contributed by atoms with van der Waals surface area (Å²) in [6.07, 6.45) is 4.12. The maximum absolute atomic E-state index is 5.48. The van der Waals surface area contributed by atoms with E-state index in [4.69, 9.17) is 16.3 Å². The summed E-state index contributed by atoms with van der Waals surface area (Å²) in [6, 6.07) is 0. The normalized spacial score (nSPS) is 9.83. The average molecular weight is 187 g/mol. The molecule has 0 aromatic carbocycles. The summed E-state index contributed by atoms with van der Waals surface area (Å²) in [7, 11) is 0. The lowest BCUT2D eigenvalue weighted by molar-refractivity contribution is 0.304. The van der Waals surface area contributed by atoms with Crippen LogP contribution in [-0.2, 0) is 0 Å². The van der Waals surface area contributed by atoms with Crippen molar-refractivity contribution in [3.8, 4) is 5.88 Å². The van der Waals surface area contributed by atoms with Crippen LogP contribution in [0.2, 0.25) is 0 Å². The second-order valence-corrected chi connectivity index (χ2v) is 2.76. The summed E-state index contributed by atoms with van der Waals surface area (Å²) in [5.41, 5.74) is 0.889. The molecule has 3 nitrogen and oxygen atoms in total. The Morgan fingerprint density at radius 1 is 1.42 bits per heavy atom. The van der Waals surface area contributed by atoms with E-state index >= 15 is 0 Å². The first-order chi connectivity index (χ1) is 5.83. The summed E-state index contributed by atoms with van der Waals surface area (Å²) in [6.45, 7) is 2.48. The molecule has 1 heterocycles. The Balaban J connectivity index is 2.37. The summed E-state index contributed by atoms with van der Waals surface area (Å²) >= 11 is 5.48. The monoisotopic (exact) mass is 186 g/mol. The maximum atomic E-state index is 5.48. The number of aryl methyl sites for hydroxylation is 1. The largest absolute Gasteiger partial charge is 0.477 e. The summed E-state index contributed by atoms with van der Waals surface area (Å²) in [5, 5.41) is 0. The zero-order valence-corrected chi connectivity index (χ0v) is 7.71. The first kappa shape index (κ1) is 9.26. The lowest BCUT2D eigenvalue weighted by Gasteiger charge is -2.02. The van der Waals surface area contributed by atoms with Crippen LogP contribution >= 0.6 is 11.6 Å². The van der Waals surface area contributed by atoms with E-state index in [-0.39, 0.29) is 0 Å². The van der Waals surface area contributed by atoms with Gasteiger partial charge in [-0.15, -0.1) is 11.6 Å². The molecule has 66 valence electrons. The minimum atomic E-state index is 0.561. The third kappa shape index (κ3) is 3.05. The van der Waals surface area contributed by atoms with Gasteiger partial charge < -0.3 is 4.74 Å². The number of nitrogens with zero attached hydrogens (tertiary/aromatic N) is 2. The Morgan fingerprint density at radius 3 is 2.83 bits per heavy atom. The van der Waals surface area contributed by atoms with Gasteiger partial charge in [-0.1, -0.05) is 0 Å². The van der Waals surface area contributed by atoms with Crippen molar-refractivity contribution in [2.75, 3.05) is 12.5 Å². The highest BCUT2D eigenvalue weighted by Gasteiger charge is 1.93. The van der Waals surface area contributed by atoms with Crippen LogP contribution < -0.4 is 4.74 Å². The minimum Gasteiger partial charge on any atom is -0.477 e. The fourth-order valence-electron chi connectivity index (χ4n) is 0.687. The molecule has 0 radical (unpaired) electrons. The number of hydrogen-bond acceptors (Lipinski definition) is 3. The Labute approximate surface area is 76.7 Å². The van der Waals surface area contributed by atoms with Crippen LogP contribution in [0.15, 0.2) is 12.4 Å². The molecular formula is C8H11ClN2O. The molecule has 0 amide bonds. The van der Waals surface area contributed by atoms with Crippen LogP contribution in [-0.4, -0.2) is 22.5 Å². The summed E-state index contributed by atoms with van der Waals surface area (Å²) in [5.74, 6) is 1.17. The average Bonchev–Trinajstić information content (AvgIpc) is 2.09. The smallest absolute Gasteiger partial charge is 0.232 e. The van der Waals surface area contributed by atoms with E-state index in [0.29, 0.717) is 18.4 Å². The second kappa shape index (κ2) is 4.93. The van der Waals surface area contributed by atoms with Crippen molar-refractivity contribution in [2.45, 2.75) is 13.3 Å². The van der Waals surface area contributed by atoms with Gasteiger partial charge in [0.1, 0.15) is 0 Å². The van der Waals surface area contributed by atoms with E-state index in [0.717, 1.165) is 12.1 Å². The molecule has 1 aromatic heterocycles. The van der Waals surface area contributed by atoms with Crippen LogP contribution in [0.4, 0.5) is 0 Å². The molecule has 1 rings (SSSR count). The quantitative estimate of drug-likeness (QED) is 0.531. The van der Waals surface area contributed by atoms with Gasteiger partial charge in [0.2, 0.25) is 5.88 Å². The van der Waals surface area contributed by atoms with Crippen LogP contribution in [0.5, 0.6) is 5.88 Å². The van der Waals surface area contributed by atoms with Crippen LogP contribution in [0, 0.1) is 6.92 Å². The predicted molar refractivity (Wildman–Crippen MR) is 47.6 cm³/mol. The molecular weight excluding hydrogens is 176 g/mol. The number of ether oxygens (including phenoxy) is 1. The van der Waals surface area contributed by atoms with Gasteiger partial charge in [-0.2, -0.15) is 0 Å². The molecule has 4 heteroatoms. The molecule has 0 unspecified atom stereocenters. The van der Waals surface area contributed by atoms with Gasteiger partial charge in [-0.05, 0) is 13.3 Å². The summed E-state index contributed by atoms with van der Waals surface area (Å²) < 4.78 is 5.24. The number of aromatic nitrogens is 2. The minimum absolute atomic E-state index is 0.561. The van der Waals surface area contributed by atoms with Crippen molar-refractivity contribution < 1.29 is 4.74 Å². The molecule has 12 heavy (non-hydrogen) atoms. The molecule has 0 saturated heterocycles. The van der Waals surface area contributed by atoms with E-state index in [1.807, 2.05) is 6.92 Å². The van der Waals surface area contributed by atoms with Crippen LogP contribution in [0.3, 0.4) is 0 Å². The van der Waals surface area contributed by atoms with Crippen LogP contribution in [0.1, 0.15) is 12.1 Å². The van der Waals surface area contributed by atoms with Gasteiger partial charge in [-0.25, -0.2) is 4.98 Å². The standard InChI is InChI=1S/C8H11ClN2O/c1-7-5-11-8(6-10-7)12-4-2-3-9/h5-6H,2-4H2,1H3. The zero-order valence-electron chi connectivity index (χ0n) is 6.96. The molecule has 1 aromatic rings. The van der Waals surface area contributed by atoms with E-state index in [2.05, 4.69) is 9.97 Å². The third-order valence-electron chi connectivity index (χ3n) is 1.29.